The molecule has 1 saturated heterocycles. The molecule has 92 valence electrons. The van der Waals surface area contributed by atoms with E-state index in [9.17, 15) is 9.90 Å². The summed E-state index contributed by atoms with van der Waals surface area (Å²) in [5.41, 5.74) is 0.796. The van der Waals surface area contributed by atoms with Crippen LogP contribution in [0.4, 0.5) is 5.69 Å². The third-order valence-electron chi connectivity index (χ3n) is 3.04. The minimum Gasteiger partial charge on any atom is -0.379 e. The molecule has 1 unspecified atom stereocenters. The highest BCUT2D eigenvalue weighted by molar-refractivity contribution is 7.99. The first kappa shape index (κ1) is 12.5. The average Bonchev–Trinajstić information content (AvgIpc) is 2.78. The molecule has 1 aromatic carbocycles. The average molecular weight is 251 g/mol. The highest BCUT2D eigenvalue weighted by Crippen LogP contribution is 2.29. The van der Waals surface area contributed by atoms with E-state index in [1.807, 2.05) is 24.3 Å². The Hall–Kier alpha value is -1.00. The quantitative estimate of drug-likeness (QED) is 0.864. The maximum Gasteiger partial charge on any atom is 0.257 e. The number of aliphatic hydroxyl groups is 1. The molecule has 0 aliphatic carbocycles. The lowest BCUT2D eigenvalue weighted by molar-refractivity contribution is -0.131. The van der Waals surface area contributed by atoms with Gasteiger partial charge in [-0.1, -0.05) is 19.1 Å². The van der Waals surface area contributed by atoms with Crippen molar-refractivity contribution >= 4 is 23.4 Å². The van der Waals surface area contributed by atoms with Crippen molar-refractivity contribution in [3.8, 4) is 0 Å². The summed E-state index contributed by atoms with van der Waals surface area (Å²) in [6, 6.07) is 7.73. The SMILES string of the molecule is CCc1ccc(NC(=O)C2(O)CCSC2)cc1. The summed E-state index contributed by atoms with van der Waals surface area (Å²) in [5.74, 6) is 1.05. The van der Waals surface area contributed by atoms with Crippen LogP contribution in [0, 0.1) is 0 Å². The summed E-state index contributed by atoms with van der Waals surface area (Å²) in [7, 11) is 0. The summed E-state index contributed by atoms with van der Waals surface area (Å²) in [5, 5.41) is 12.9. The molecule has 4 heteroatoms. The molecule has 17 heavy (non-hydrogen) atoms. The lowest BCUT2D eigenvalue weighted by Crippen LogP contribution is -2.42. The van der Waals surface area contributed by atoms with Crippen molar-refractivity contribution in [2.45, 2.75) is 25.4 Å². The number of nitrogens with one attached hydrogen (secondary N) is 1. The zero-order valence-corrected chi connectivity index (χ0v) is 10.7. The molecule has 0 saturated carbocycles. The van der Waals surface area contributed by atoms with E-state index in [0.717, 1.165) is 17.9 Å². The van der Waals surface area contributed by atoms with Crippen LogP contribution in [0.15, 0.2) is 24.3 Å². The molecule has 1 aliphatic heterocycles. The molecule has 1 amide bonds. The zero-order valence-electron chi connectivity index (χ0n) is 9.90. The van der Waals surface area contributed by atoms with E-state index in [0.29, 0.717) is 12.2 Å². The van der Waals surface area contributed by atoms with Gasteiger partial charge in [0.15, 0.2) is 5.60 Å². The predicted octanol–water partition coefficient (Wildman–Crippen LogP) is 2.06. The zero-order chi connectivity index (χ0) is 12.3. The van der Waals surface area contributed by atoms with Crippen molar-refractivity contribution in [3.05, 3.63) is 29.8 Å². The smallest absolute Gasteiger partial charge is 0.257 e. The Morgan fingerprint density at radius 2 is 2.18 bits per heavy atom. The topological polar surface area (TPSA) is 49.3 Å². The van der Waals surface area contributed by atoms with E-state index in [1.165, 1.54) is 5.56 Å². The Morgan fingerprint density at radius 3 is 2.71 bits per heavy atom. The van der Waals surface area contributed by atoms with Crippen LogP contribution in [-0.2, 0) is 11.2 Å². The van der Waals surface area contributed by atoms with Gasteiger partial charge in [0.05, 0.1) is 0 Å². The van der Waals surface area contributed by atoms with Gasteiger partial charge in [0, 0.05) is 11.4 Å². The van der Waals surface area contributed by atoms with Crippen LogP contribution in [0.5, 0.6) is 0 Å². The van der Waals surface area contributed by atoms with Crippen LogP contribution in [0.3, 0.4) is 0 Å². The van der Waals surface area contributed by atoms with Crippen molar-refractivity contribution in [1.29, 1.82) is 0 Å². The fourth-order valence-electron chi connectivity index (χ4n) is 1.80. The molecule has 1 atom stereocenters. The molecule has 1 aromatic rings. The molecular formula is C13H17NO2S. The van der Waals surface area contributed by atoms with Gasteiger partial charge >= 0.3 is 0 Å². The van der Waals surface area contributed by atoms with E-state index in [4.69, 9.17) is 0 Å². The Morgan fingerprint density at radius 1 is 1.47 bits per heavy atom. The van der Waals surface area contributed by atoms with Crippen LogP contribution < -0.4 is 5.32 Å². The molecule has 0 aromatic heterocycles. The lowest BCUT2D eigenvalue weighted by Gasteiger charge is -2.20. The minimum absolute atomic E-state index is 0.285. The number of amides is 1. The van der Waals surface area contributed by atoms with Gasteiger partial charge in [-0.3, -0.25) is 4.79 Å². The Balaban J connectivity index is 2.02. The van der Waals surface area contributed by atoms with Gasteiger partial charge in [-0.2, -0.15) is 11.8 Å². The van der Waals surface area contributed by atoms with E-state index in [1.54, 1.807) is 11.8 Å². The van der Waals surface area contributed by atoms with Crippen molar-refractivity contribution in [2.75, 3.05) is 16.8 Å². The summed E-state index contributed by atoms with van der Waals surface area (Å²) in [6.07, 6.45) is 1.52. The molecule has 1 fully saturated rings. The second-order valence-corrected chi connectivity index (χ2v) is 5.44. The number of hydrogen-bond acceptors (Lipinski definition) is 3. The summed E-state index contributed by atoms with van der Waals surface area (Å²) in [6.45, 7) is 2.09. The second kappa shape index (κ2) is 5.10. The van der Waals surface area contributed by atoms with Crippen LogP contribution in [0.2, 0.25) is 0 Å². The normalized spacial score (nSPS) is 23.6. The highest BCUT2D eigenvalue weighted by Gasteiger charge is 2.39. The monoisotopic (exact) mass is 251 g/mol. The van der Waals surface area contributed by atoms with Crippen LogP contribution in [0.25, 0.3) is 0 Å². The Kier molecular flexibility index (Phi) is 3.74. The van der Waals surface area contributed by atoms with E-state index < -0.39 is 5.60 Å². The first-order chi connectivity index (χ1) is 8.14. The maximum atomic E-state index is 11.9. The van der Waals surface area contributed by atoms with Crippen molar-refractivity contribution in [2.24, 2.45) is 0 Å². The number of thioether (sulfide) groups is 1. The van der Waals surface area contributed by atoms with Gasteiger partial charge < -0.3 is 10.4 Å². The fraction of sp³-hybridized carbons (Fsp3) is 0.462. The molecule has 0 bridgehead atoms. The summed E-state index contributed by atoms with van der Waals surface area (Å²) >= 11 is 1.62. The maximum absolute atomic E-state index is 11.9. The highest BCUT2D eigenvalue weighted by atomic mass is 32.2. The predicted molar refractivity (Wildman–Crippen MR) is 71.3 cm³/mol. The molecular weight excluding hydrogens is 234 g/mol. The molecule has 1 aliphatic rings. The summed E-state index contributed by atoms with van der Waals surface area (Å²) < 4.78 is 0. The van der Waals surface area contributed by atoms with Gasteiger partial charge in [-0.05, 0) is 36.3 Å². The van der Waals surface area contributed by atoms with E-state index in [2.05, 4.69) is 12.2 Å². The molecule has 0 spiro atoms. The first-order valence-corrected chi connectivity index (χ1v) is 7.00. The van der Waals surface area contributed by atoms with Gasteiger partial charge in [-0.15, -0.1) is 0 Å². The Labute approximate surface area is 106 Å². The standard InChI is InChI=1S/C13H17NO2S/c1-2-10-3-5-11(6-4-10)14-12(15)13(16)7-8-17-9-13/h3-6,16H,2,7-9H2,1H3,(H,14,15). The first-order valence-electron chi connectivity index (χ1n) is 5.84. The number of anilines is 1. The van der Waals surface area contributed by atoms with Crippen LogP contribution in [0.1, 0.15) is 18.9 Å². The molecule has 2 N–H and O–H groups in total. The second-order valence-electron chi connectivity index (χ2n) is 4.34. The van der Waals surface area contributed by atoms with Gasteiger partial charge in [0.25, 0.3) is 5.91 Å². The molecule has 3 nitrogen and oxygen atoms in total. The minimum atomic E-state index is -1.19. The van der Waals surface area contributed by atoms with Crippen molar-refractivity contribution in [3.63, 3.8) is 0 Å². The number of benzene rings is 1. The largest absolute Gasteiger partial charge is 0.379 e. The number of rotatable bonds is 3. The van der Waals surface area contributed by atoms with Gasteiger partial charge in [0.1, 0.15) is 0 Å². The number of hydrogen-bond donors (Lipinski definition) is 2. The number of aryl methyl sites for hydroxylation is 1. The van der Waals surface area contributed by atoms with Crippen molar-refractivity contribution in [1.82, 2.24) is 0 Å². The lowest BCUT2D eigenvalue weighted by atomic mass is 10.0. The van der Waals surface area contributed by atoms with E-state index in [-0.39, 0.29) is 5.91 Å². The molecule has 2 rings (SSSR count). The molecule has 0 radical (unpaired) electrons. The Bertz CT molecular complexity index is 396. The number of carbonyl (C=O) groups is 1. The van der Waals surface area contributed by atoms with E-state index >= 15 is 0 Å². The van der Waals surface area contributed by atoms with Crippen LogP contribution in [-0.4, -0.2) is 28.1 Å². The van der Waals surface area contributed by atoms with Gasteiger partial charge in [-0.25, -0.2) is 0 Å². The molecule has 1 heterocycles. The van der Waals surface area contributed by atoms with Gasteiger partial charge in [0.2, 0.25) is 0 Å². The third-order valence-corrected chi connectivity index (χ3v) is 4.22. The third kappa shape index (κ3) is 2.82. The fourth-order valence-corrected chi connectivity index (χ4v) is 3.04. The summed E-state index contributed by atoms with van der Waals surface area (Å²) in [4.78, 5) is 11.9. The number of carbonyl (C=O) groups excluding carboxylic acids is 1. The van der Waals surface area contributed by atoms with Crippen molar-refractivity contribution < 1.29 is 9.90 Å². The van der Waals surface area contributed by atoms with Crippen LogP contribution >= 0.6 is 11.8 Å².